The fourth-order valence-corrected chi connectivity index (χ4v) is 0.614. The van der Waals surface area contributed by atoms with E-state index in [4.69, 9.17) is 14.5 Å². The normalized spacial score (nSPS) is 26.6. The monoisotopic (exact) mass is 138 g/mol. The first kappa shape index (κ1) is 6.39. The van der Waals surface area contributed by atoms with Crippen LogP contribution in [0.25, 0.3) is 0 Å². The van der Waals surface area contributed by atoms with E-state index in [1.165, 1.54) is 0 Å². The van der Waals surface area contributed by atoms with Crippen molar-refractivity contribution in [2.45, 2.75) is 6.10 Å². The van der Waals surface area contributed by atoms with E-state index in [1.807, 2.05) is 0 Å². The zero-order chi connectivity index (χ0) is 5.98. The molecular weight excluding hydrogens is 131 g/mol. The molecule has 48 valence electrons. The van der Waals surface area contributed by atoms with Crippen LogP contribution in [0.3, 0.4) is 0 Å². The van der Waals surface area contributed by atoms with Gasteiger partial charge in [-0.1, -0.05) is 0 Å². The first-order valence-electron chi connectivity index (χ1n) is 2.21. The summed E-state index contributed by atoms with van der Waals surface area (Å²) in [5.41, 5.74) is 0. The molecule has 5 heteroatoms. The highest BCUT2D eigenvalue weighted by atomic mass is 31.2. The van der Waals surface area contributed by atoms with E-state index in [0.717, 1.165) is 0 Å². The van der Waals surface area contributed by atoms with E-state index in [0.29, 0.717) is 13.2 Å². The highest BCUT2D eigenvalue weighted by Crippen LogP contribution is 2.26. The minimum absolute atomic E-state index is 0.110. The van der Waals surface area contributed by atoms with Crippen molar-refractivity contribution in [1.29, 1.82) is 0 Å². The molecular formula is C3H7O4P. The summed E-state index contributed by atoms with van der Waals surface area (Å²) in [4.78, 5) is 16.3. The van der Waals surface area contributed by atoms with E-state index in [9.17, 15) is 0 Å². The number of ether oxygens (including phenoxy) is 1. The highest BCUT2D eigenvalue weighted by Gasteiger charge is 2.23. The van der Waals surface area contributed by atoms with Crippen molar-refractivity contribution in [1.82, 2.24) is 0 Å². The van der Waals surface area contributed by atoms with Crippen molar-refractivity contribution < 1.29 is 19.0 Å². The average Bonchev–Trinajstić information content (AvgIpc) is 2.41. The van der Waals surface area contributed by atoms with Crippen molar-refractivity contribution in [2.24, 2.45) is 0 Å². The molecule has 0 aliphatic carbocycles. The van der Waals surface area contributed by atoms with Gasteiger partial charge in [-0.25, -0.2) is 0 Å². The standard InChI is InChI=1S/C3H7O4P/c4-8(5)7-2-3-1-6-3/h3-5H,1-2H2. The van der Waals surface area contributed by atoms with Crippen LogP contribution in [0.1, 0.15) is 0 Å². The van der Waals surface area contributed by atoms with Gasteiger partial charge in [0.05, 0.1) is 13.2 Å². The fraction of sp³-hybridized carbons (Fsp3) is 1.00. The lowest BCUT2D eigenvalue weighted by molar-refractivity contribution is 0.225. The molecule has 1 fully saturated rings. The minimum atomic E-state index is -2.17. The van der Waals surface area contributed by atoms with Gasteiger partial charge < -0.3 is 19.0 Å². The van der Waals surface area contributed by atoms with Gasteiger partial charge in [0, 0.05) is 0 Å². The summed E-state index contributed by atoms with van der Waals surface area (Å²) in [7, 11) is -2.17. The second-order valence-corrected chi connectivity index (χ2v) is 2.27. The predicted octanol–water partition coefficient (Wildman–Crippen LogP) is -0.387. The van der Waals surface area contributed by atoms with Crippen molar-refractivity contribution >= 4 is 8.60 Å². The second kappa shape index (κ2) is 2.71. The van der Waals surface area contributed by atoms with Gasteiger partial charge in [0.2, 0.25) is 0 Å². The SMILES string of the molecule is OP(O)OCC1CO1. The van der Waals surface area contributed by atoms with Crippen LogP contribution in [0.4, 0.5) is 0 Å². The van der Waals surface area contributed by atoms with E-state index in [1.54, 1.807) is 0 Å². The Bertz CT molecular complexity index is 69.7. The van der Waals surface area contributed by atoms with Gasteiger partial charge in [-0.15, -0.1) is 0 Å². The summed E-state index contributed by atoms with van der Waals surface area (Å²) < 4.78 is 9.14. The van der Waals surface area contributed by atoms with Gasteiger partial charge in [-0.2, -0.15) is 0 Å². The molecule has 0 spiro atoms. The second-order valence-electron chi connectivity index (χ2n) is 1.50. The third-order valence-electron chi connectivity index (χ3n) is 0.778. The molecule has 0 bridgehead atoms. The van der Waals surface area contributed by atoms with Gasteiger partial charge in [-0.3, -0.25) is 0 Å². The van der Waals surface area contributed by atoms with Crippen LogP contribution in [-0.2, 0) is 9.26 Å². The molecule has 0 aromatic rings. The molecule has 1 atom stereocenters. The van der Waals surface area contributed by atoms with Crippen LogP contribution >= 0.6 is 8.60 Å². The summed E-state index contributed by atoms with van der Waals surface area (Å²) in [5, 5.41) is 0. The van der Waals surface area contributed by atoms with Gasteiger partial charge >= 0.3 is 8.60 Å². The number of hydrogen-bond donors (Lipinski definition) is 2. The Balaban J connectivity index is 1.87. The Labute approximate surface area is 48.0 Å². The maximum Gasteiger partial charge on any atom is 0.327 e. The lowest BCUT2D eigenvalue weighted by Gasteiger charge is -1.98. The lowest BCUT2D eigenvalue weighted by atomic mass is 10.5. The maximum absolute atomic E-state index is 8.17. The molecule has 1 aliphatic rings. The molecule has 0 radical (unpaired) electrons. The van der Waals surface area contributed by atoms with Crippen LogP contribution in [0.5, 0.6) is 0 Å². The van der Waals surface area contributed by atoms with E-state index in [-0.39, 0.29) is 6.10 Å². The molecule has 4 nitrogen and oxygen atoms in total. The number of rotatable bonds is 3. The summed E-state index contributed by atoms with van der Waals surface area (Å²) in [6.45, 7) is 0.988. The van der Waals surface area contributed by atoms with Crippen LogP contribution < -0.4 is 0 Å². The van der Waals surface area contributed by atoms with Gasteiger partial charge in [0.25, 0.3) is 0 Å². The fourth-order valence-electron chi connectivity index (χ4n) is 0.314. The van der Waals surface area contributed by atoms with Crippen molar-refractivity contribution in [2.75, 3.05) is 13.2 Å². The van der Waals surface area contributed by atoms with Crippen molar-refractivity contribution in [3.63, 3.8) is 0 Å². The summed E-state index contributed by atoms with van der Waals surface area (Å²) in [5.74, 6) is 0. The van der Waals surface area contributed by atoms with E-state index < -0.39 is 8.60 Å². The molecule has 1 heterocycles. The Hall–Kier alpha value is 0.270. The first-order valence-corrected chi connectivity index (χ1v) is 3.38. The predicted molar refractivity (Wildman–Crippen MR) is 27.0 cm³/mol. The average molecular weight is 138 g/mol. The third-order valence-corrected chi connectivity index (χ3v) is 1.16. The zero-order valence-electron chi connectivity index (χ0n) is 4.15. The van der Waals surface area contributed by atoms with Crippen LogP contribution in [-0.4, -0.2) is 29.1 Å². The lowest BCUT2D eigenvalue weighted by Crippen LogP contribution is -1.95. The van der Waals surface area contributed by atoms with Gasteiger partial charge in [0.15, 0.2) is 0 Å². The maximum atomic E-state index is 8.17. The smallest absolute Gasteiger partial charge is 0.327 e. The van der Waals surface area contributed by atoms with E-state index in [2.05, 4.69) is 4.52 Å². The molecule has 1 rings (SSSR count). The first-order chi connectivity index (χ1) is 3.79. The topological polar surface area (TPSA) is 62.2 Å². The van der Waals surface area contributed by atoms with Crippen LogP contribution in [0.2, 0.25) is 0 Å². The largest absolute Gasteiger partial charge is 0.371 e. The molecule has 0 aromatic carbocycles. The van der Waals surface area contributed by atoms with Crippen LogP contribution in [0, 0.1) is 0 Å². The summed E-state index contributed by atoms with van der Waals surface area (Å²) in [6.07, 6.45) is 0.110. The van der Waals surface area contributed by atoms with Crippen molar-refractivity contribution in [3.05, 3.63) is 0 Å². The molecule has 0 aromatic heterocycles. The third kappa shape index (κ3) is 2.55. The Morgan fingerprint density at radius 2 is 2.38 bits per heavy atom. The minimum Gasteiger partial charge on any atom is -0.371 e. The van der Waals surface area contributed by atoms with Crippen molar-refractivity contribution in [3.8, 4) is 0 Å². The molecule has 2 N–H and O–H groups in total. The molecule has 0 amide bonds. The zero-order valence-corrected chi connectivity index (χ0v) is 5.04. The Morgan fingerprint density at radius 3 is 2.75 bits per heavy atom. The van der Waals surface area contributed by atoms with Gasteiger partial charge in [0.1, 0.15) is 6.10 Å². The Morgan fingerprint density at radius 1 is 1.75 bits per heavy atom. The summed E-state index contributed by atoms with van der Waals surface area (Å²) in [6, 6.07) is 0. The van der Waals surface area contributed by atoms with E-state index >= 15 is 0 Å². The number of hydrogen-bond acceptors (Lipinski definition) is 4. The highest BCUT2D eigenvalue weighted by molar-refractivity contribution is 7.39. The number of epoxide rings is 1. The quantitative estimate of drug-likeness (QED) is 0.412. The molecule has 0 saturated carbocycles. The molecule has 1 unspecified atom stereocenters. The van der Waals surface area contributed by atoms with Crippen LogP contribution in [0.15, 0.2) is 0 Å². The summed E-state index contributed by atoms with van der Waals surface area (Å²) >= 11 is 0. The molecule has 1 aliphatic heterocycles. The molecule has 1 saturated heterocycles. The Kier molecular flexibility index (Phi) is 2.16. The van der Waals surface area contributed by atoms with Gasteiger partial charge in [-0.05, 0) is 0 Å². The molecule has 8 heavy (non-hydrogen) atoms.